The molecule has 0 amide bonds. The van der Waals surface area contributed by atoms with Crippen LogP contribution in [-0.2, 0) is 13.1 Å². The van der Waals surface area contributed by atoms with E-state index in [-0.39, 0.29) is 17.7 Å². The lowest BCUT2D eigenvalue weighted by atomic mass is 10.2. The highest BCUT2D eigenvalue weighted by molar-refractivity contribution is 7.20. The third-order valence-electron chi connectivity index (χ3n) is 6.46. The lowest BCUT2D eigenvalue weighted by molar-refractivity contribution is 0.610. The van der Waals surface area contributed by atoms with E-state index in [0.717, 1.165) is 21.3 Å². The Balaban J connectivity index is 1.61. The predicted octanol–water partition coefficient (Wildman–Crippen LogP) is 5.33. The summed E-state index contributed by atoms with van der Waals surface area (Å²) in [6.45, 7) is 4.46. The topological polar surface area (TPSA) is 74.7 Å². The van der Waals surface area contributed by atoms with Gasteiger partial charge in [0, 0.05) is 11.8 Å². The maximum atomic E-state index is 14.0. The van der Waals surface area contributed by atoms with E-state index in [0.29, 0.717) is 39.1 Å². The standard InChI is InChI=1S/C28H22ClN5O2S/c1-17-11-12-21-23(13-17)37-28(31-21)34-27(36)26-18(2)32(16-20-9-6-10-24(29)30-20)25(35)14-22(26)33(34)15-19-7-4-3-5-8-19/h3-14H,15-16H2,1-2H3. The number of rotatable bonds is 5. The number of nitrogens with zero attached hydrogens (tertiary/aromatic N) is 5. The van der Waals surface area contributed by atoms with Crippen molar-refractivity contribution in [2.75, 3.05) is 0 Å². The molecule has 0 aliphatic rings. The average molecular weight is 528 g/mol. The van der Waals surface area contributed by atoms with Crippen molar-refractivity contribution in [2.45, 2.75) is 26.9 Å². The van der Waals surface area contributed by atoms with Crippen LogP contribution in [0.25, 0.3) is 26.3 Å². The van der Waals surface area contributed by atoms with Crippen molar-refractivity contribution >= 4 is 44.1 Å². The third-order valence-corrected chi connectivity index (χ3v) is 7.66. The molecule has 184 valence electrons. The molecule has 6 rings (SSSR count). The molecule has 0 bridgehead atoms. The van der Waals surface area contributed by atoms with Gasteiger partial charge in [-0.25, -0.2) is 9.97 Å². The molecule has 4 heterocycles. The van der Waals surface area contributed by atoms with Gasteiger partial charge in [0.15, 0.2) is 0 Å². The Morgan fingerprint density at radius 2 is 1.70 bits per heavy atom. The van der Waals surface area contributed by atoms with Gasteiger partial charge in [0.1, 0.15) is 5.15 Å². The molecule has 0 aliphatic heterocycles. The van der Waals surface area contributed by atoms with E-state index in [9.17, 15) is 9.59 Å². The van der Waals surface area contributed by atoms with Crippen molar-refractivity contribution in [1.29, 1.82) is 0 Å². The van der Waals surface area contributed by atoms with Crippen LogP contribution in [0.4, 0.5) is 0 Å². The molecule has 0 spiro atoms. The summed E-state index contributed by atoms with van der Waals surface area (Å²) < 4.78 is 6.03. The molecule has 7 nitrogen and oxygen atoms in total. The SMILES string of the molecule is Cc1ccc2nc(-n3c(=O)c4c(C)n(Cc5cccc(Cl)n5)c(=O)cc4n3Cc3ccccc3)sc2c1. The number of hydrogen-bond donors (Lipinski definition) is 0. The van der Waals surface area contributed by atoms with Gasteiger partial charge in [-0.2, -0.15) is 4.68 Å². The van der Waals surface area contributed by atoms with E-state index in [1.54, 1.807) is 28.3 Å². The smallest absolute Gasteiger partial charge is 0.283 e. The fourth-order valence-corrected chi connectivity index (χ4v) is 5.91. The Morgan fingerprint density at radius 1 is 0.892 bits per heavy atom. The summed E-state index contributed by atoms with van der Waals surface area (Å²) >= 11 is 7.52. The molecule has 9 heteroatoms. The average Bonchev–Trinajstić information content (AvgIpc) is 3.40. The van der Waals surface area contributed by atoms with Crippen LogP contribution in [-0.4, -0.2) is 23.9 Å². The minimum Gasteiger partial charge on any atom is -0.306 e. The van der Waals surface area contributed by atoms with Crippen molar-refractivity contribution in [3.63, 3.8) is 0 Å². The quantitative estimate of drug-likeness (QED) is 0.284. The third kappa shape index (κ3) is 4.18. The van der Waals surface area contributed by atoms with Crippen molar-refractivity contribution in [1.82, 2.24) is 23.9 Å². The molecule has 0 aliphatic carbocycles. The molecule has 0 unspecified atom stereocenters. The van der Waals surface area contributed by atoms with Crippen molar-refractivity contribution in [3.8, 4) is 5.13 Å². The second kappa shape index (κ2) is 9.14. The summed E-state index contributed by atoms with van der Waals surface area (Å²) in [6, 6.07) is 22.7. The van der Waals surface area contributed by atoms with Gasteiger partial charge in [0.2, 0.25) is 5.13 Å². The number of benzene rings is 2. The van der Waals surface area contributed by atoms with Gasteiger partial charge in [0.05, 0.1) is 39.9 Å². The second-order valence-electron chi connectivity index (χ2n) is 8.99. The predicted molar refractivity (Wildman–Crippen MR) is 148 cm³/mol. The van der Waals surface area contributed by atoms with Gasteiger partial charge < -0.3 is 4.57 Å². The second-order valence-corrected chi connectivity index (χ2v) is 10.4. The lowest BCUT2D eigenvalue weighted by Gasteiger charge is -2.12. The Bertz CT molecular complexity index is 1920. The molecule has 4 aromatic heterocycles. The Hall–Kier alpha value is -4.01. The van der Waals surface area contributed by atoms with E-state index < -0.39 is 0 Å². The van der Waals surface area contributed by atoms with Crippen molar-refractivity contribution < 1.29 is 0 Å². The number of halogens is 1. The van der Waals surface area contributed by atoms with Crippen molar-refractivity contribution in [3.05, 3.63) is 121 Å². The van der Waals surface area contributed by atoms with E-state index in [2.05, 4.69) is 11.1 Å². The summed E-state index contributed by atoms with van der Waals surface area (Å²) in [7, 11) is 0. The van der Waals surface area contributed by atoms with Crippen LogP contribution in [0.3, 0.4) is 0 Å². The van der Waals surface area contributed by atoms with Crippen LogP contribution in [0.15, 0.2) is 82.4 Å². The van der Waals surface area contributed by atoms with Crippen LogP contribution in [0.2, 0.25) is 5.15 Å². The summed E-state index contributed by atoms with van der Waals surface area (Å²) in [4.78, 5) is 36.5. The lowest BCUT2D eigenvalue weighted by Crippen LogP contribution is -2.24. The molecule has 6 aromatic rings. The first-order valence-electron chi connectivity index (χ1n) is 11.8. The van der Waals surface area contributed by atoms with Crippen LogP contribution >= 0.6 is 22.9 Å². The highest BCUT2D eigenvalue weighted by Crippen LogP contribution is 2.27. The molecule has 0 saturated carbocycles. The van der Waals surface area contributed by atoms with Gasteiger partial charge in [-0.15, -0.1) is 0 Å². The largest absolute Gasteiger partial charge is 0.306 e. The minimum absolute atomic E-state index is 0.213. The van der Waals surface area contributed by atoms with Gasteiger partial charge in [-0.3, -0.25) is 14.3 Å². The first kappa shape index (κ1) is 23.4. The number of aryl methyl sites for hydroxylation is 2. The maximum absolute atomic E-state index is 14.0. The first-order valence-corrected chi connectivity index (χ1v) is 13.0. The minimum atomic E-state index is -0.217. The molecule has 0 fully saturated rings. The number of hydrogen-bond acceptors (Lipinski definition) is 5. The summed E-state index contributed by atoms with van der Waals surface area (Å²) in [5.41, 5.74) is 4.32. The summed E-state index contributed by atoms with van der Waals surface area (Å²) in [5, 5.41) is 1.40. The van der Waals surface area contributed by atoms with E-state index >= 15 is 0 Å². The van der Waals surface area contributed by atoms with E-state index in [1.807, 2.05) is 60.1 Å². The number of thiazole rings is 1. The number of aromatic nitrogens is 5. The Morgan fingerprint density at radius 3 is 2.49 bits per heavy atom. The first-order chi connectivity index (χ1) is 17.9. The van der Waals surface area contributed by atoms with Crippen LogP contribution in [0.1, 0.15) is 22.5 Å². The van der Waals surface area contributed by atoms with E-state index in [4.69, 9.17) is 16.6 Å². The molecule has 37 heavy (non-hydrogen) atoms. The molecule has 0 N–H and O–H groups in total. The summed E-state index contributed by atoms with van der Waals surface area (Å²) in [5.74, 6) is 0. The zero-order valence-electron chi connectivity index (χ0n) is 20.2. The fraction of sp³-hybridized carbons (Fsp3) is 0.143. The Kier molecular flexibility index (Phi) is 5.78. The number of pyridine rings is 2. The zero-order chi connectivity index (χ0) is 25.7. The number of fused-ring (bicyclic) bond motifs is 2. The van der Waals surface area contributed by atoms with Crippen LogP contribution in [0, 0.1) is 13.8 Å². The van der Waals surface area contributed by atoms with Gasteiger partial charge in [0.25, 0.3) is 11.1 Å². The highest BCUT2D eigenvalue weighted by Gasteiger charge is 2.22. The molecule has 0 saturated heterocycles. The molecular formula is C28H22ClN5O2S. The summed E-state index contributed by atoms with van der Waals surface area (Å²) in [6.07, 6.45) is 0. The Labute approximate surface area is 220 Å². The van der Waals surface area contributed by atoms with Crippen LogP contribution in [0.5, 0.6) is 0 Å². The van der Waals surface area contributed by atoms with E-state index in [1.165, 1.54) is 17.4 Å². The highest BCUT2D eigenvalue weighted by atomic mass is 35.5. The fourth-order valence-electron chi connectivity index (χ4n) is 4.65. The maximum Gasteiger partial charge on any atom is 0.283 e. The van der Waals surface area contributed by atoms with Gasteiger partial charge in [-0.1, -0.05) is 65.4 Å². The molecule has 2 aromatic carbocycles. The van der Waals surface area contributed by atoms with Crippen molar-refractivity contribution in [2.24, 2.45) is 0 Å². The molecule has 0 atom stereocenters. The van der Waals surface area contributed by atoms with Gasteiger partial charge >= 0.3 is 0 Å². The monoisotopic (exact) mass is 527 g/mol. The van der Waals surface area contributed by atoms with Crippen LogP contribution < -0.4 is 11.1 Å². The zero-order valence-corrected chi connectivity index (χ0v) is 21.8. The van der Waals surface area contributed by atoms with Gasteiger partial charge in [-0.05, 0) is 49.2 Å². The normalized spacial score (nSPS) is 11.5. The molecule has 0 radical (unpaired) electrons. The molecular weight excluding hydrogens is 506 g/mol.